The summed E-state index contributed by atoms with van der Waals surface area (Å²) >= 11 is 5.97. The van der Waals surface area contributed by atoms with Crippen molar-refractivity contribution in [2.24, 2.45) is 0 Å². The third-order valence-electron chi connectivity index (χ3n) is 2.84. The zero-order chi connectivity index (χ0) is 11.4. The van der Waals surface area contributed by atoms with E-state index < -0.39 is 0 Å². The molecule has 0 amide bonds. The molecule has 1 rings (SSSR count). The highest BCUT2D eigenvalue weighted by atomic mass is 35.5. The molecule has 1 atom stereocenters. The van der Waals surface area contributed by atoms with Crippen molar-refractivity contribution in [3.8, 4) is 0 Å². The first kappa shape index (κ1) is 12.3. The molecule has 0 saturated heterocycles. The Balaban J connectivity index is 2.68. The van der Waals surface area contributed by atoms with E-state index in [4.69, 9.17) is 17.3 Å². The lowest BCUT2D eigenvalue weighted by molar-refractivity contribution is 0.244. The normalized spacial score (nSPS) is 13.1. The number of anilines is 1. The van der Waals surface area contributed by atoms with Gasteiger partial charge in [0.2, 0.25) is 0 Å². The summed E-state index contributed by atoms with van der Waals surface area (Å²) in [6, 6.07) is 6.42. The summed E-state index contributed by atoms with van der Waals surface area (Å²) in [6.45, 7) is 5.32. The van der Waals surface area contributed by atoms with Crippen LogP contribution >= 0.6 is 11.6 Å². The Morgan fingerprint density at radius 2 is 2.13 bits per heavy atom. The Labute approximate surface area is 97.0 Å². The smallest absolute Gasteiger partial charge is 0.0638 e. The van der Waals surface area contributed by atoms with E-state index >= 15 is 0 Å². The molecule has 1 aromatic rings. The van der Waals surface area contributed by atoms with Gasteiger partial charge in [-0.3, -0.25) is 4.90 Å². The molecule has 2 N–H and O–H groups in total. The number of hydrogen-bond donors (Lipinski definition) is 1. The molecule has 3 heteroatoms. The van der Waals surface area contributed by atoms with Crippen LogP contribution < -0.4 is 5.73 Å². The van der Waals surface area contributed by atoms with E-state index in [-0.39, 0.29) is 0 Å². The van der Waals surface area contributed by atoms with Gasteiger partial charge in [-0.25, -0.2) is 0 Å². The molecule has 1 aromatic carbocycles. The number of nitrogens with two attached hydrogens (primary N) is 1. The molecular weight excluding hydrogens is 208 g/mol. The van der Waals surface area contributed by atoms with Gasteiger partial charge in [0.15, 0.2) is 0 Å². The van der Waals surface area contributed by atoms with Crippen molar-refractivity contribution in [2.75, 3.05) is 12.8 Å². The summed E-state index contributed by atoms with van der Waals surface area (Å²) in [5.74, 6) is 0. The fourth-order valence-corrected chi connectivity index (χ4v) is 1.63. The van der Waals surface area contributed by atoms with Crippen LogP contribution in [-0.2, 0) is 6.54 Å². The van der Waals surface area contributed by atoms with Crippen molar-refractivity contribution in [3.05, 3.63) is 28.8 Å². The third kappa shape index (κ3) is 3.40. The number of hydrogen-bond acceptors (Lipinski definition) is 2. The van der Waals surface area contributed by atoms with Crippen LogP contribution in [0.3, 0.4) is 0 Å². The van der Waals surface area contributed by atoms with E-state index in [1.807, 2.05) is 18.2 Å². The SMILES string of the molecule is CCC(C)N(C)Cc1ccc(N)c(Cl)c1. The average molecular weight is 227 g/mol. The van der Waals surface area contributed by atoms with Crippen LogP contribution in [0.25, 0.3) is 0 Å². The van der Waals surface area contributed by atoms with Crippen LogP contribution in [0.5, 0.6) is 0 Å². The molecule has 0 radical (unpaired) electrons. The summed E-state index contributed by atoms with van der Waals surface area (Å²) in [5, 5.41) is 0.644. The van der Waals surface area contributed by atoms with E-state index in [0.29, 0.717) is 16.8 Å². The van der Waals surface area contributed by atoms with E-state index in [1.165, 1.54) is 5.56 Å². The summed E-state index contributed by atoms with van der Waals surface area (Å²) < 4.78 is 0. The maximum absolute atomic E-state index is 5.97. The van der Waals surface area contributed by atoms with Crippen molar-refractivity contribution < 1.29 is 0 Å². The fourth-order valence-electron chi connectivity index (χ4n) is 1.42. The first-order chi connectivity index (χ1) is 7.04. The second kappa shape index (κ2) is 5.38. The summed E-state index contributed by atoms with van der Waals surface area (Å²) in [4.78, 5) is 2.31. The van der Waals surface area contributed by atoms with Crippen LogP contribution in [-0.4, -0.2) is 18.0 Å². The average Bonchev–Trinajstić information content (AvgIpc) is 2.22. The van der Waals surface area contributed by atoms with Gasteiger partial charge in [-0.05, 0) is 38.1 Å². The molecule has 0 saturated carbocycles. The van der Waals surface area contributed by atoms with Crippen molar-refractivity contribution in [2.45, 2.75) is 32.9 Å². The van der Waals surface area contributed by atoms with Gasteiger partial charge >= 0.3 is 0 Å². The summed E-state index contributed by atoms with van der Waals surface area (Å²) in [7, 11) is 2.12. The van der Waals surface area contributed by atoms with Crippen LogP contribution in [0, 0.1) is 0 Å². The van der Waals surface area contributed by atoms with Gasteiger partial charge < -0.3 is 5.73 Å². The second-order valence-electron chi connectivity index (χ2n) is 4.03. The largest absolute Gasteiger partial charge is 0.398 e. The number of halogens is 1. The first-order valence-electron chi connectivity index (χ1n) is 5.28. The minimum absolute atomic E-state index is 0.585. The molecule has 2 nitrogen and oxygen atoms in total. The Hall–Kier alpha value is -0.730. The lowest BCUT2D eigenvalue weighted by Crippen LogP contribution is -2.27. The molecule has 0 spiro atoms. The molecule has 0 heterocycles. The van der Waals surface area contributed by atoms with Gasteiger partial charge in [0, 0.05) is 12.6 Å². The molecule has 1 unspecified atom stereocenters. The second-order valence-corrected chi connectivity index (χ2v) is 4.44. The van der Waals surface area contributed by atoms with E-state index in [2.05, 4.69) is 25.8 Å². The number of nitrogen functional groups attached to an aromatic ring is 1. The molecule has 0 aliphatic carbocycles. The van der Waals surface area contributed by atoms with Crippen LogP contribution in [0.2, 0.25) is 5.02 Å². The standard InChI is InChI=1S/C12H19ClN2/c1-4-9(2)15(3)8-10-5-6-12(14)11(13)7-10/h5-7,9H,4,8,14H2,1-3H3. The zero-order valence-electron chi connectivity index (χ0n) is 9.63. The topological polar surface area (TPSA) is 29.3 Å². The fraction of sp³-hybridized carbons (Fsp3) is 0.500. The van der Waals surface area contributed by atoms with E-state index in [9.17, 15) is 0 Å². The van der Waals surface area contributed by atoms with Crippen LogP contribution in [0.4, 0.5) is 5.69 Å². The van der Waals surface area contributed by atoms with Crippen molar-refractivity contribution in [1.29, 1.82) is 0 Å². The van der Waals surface area contributed by atoms with Gasteiger partial charge in [0.25, 0.3) is 0 Å². The lowest BCUT2D eigenvalue weighted by Gasteiger charge is -2.23. The number of benzene rings is 1. The van der Waals surface area contributed by atoms with Gasteiger partial charge in [0.1, 0.15) is 0 Å². The van der Waals surface area contributed by atoms with Crippen molar-refractivity contribution in [1.82, 2.24) is 4.90 Å². The summed E-state index contributed by atoms with van der Waals surface area (Å²) in [5.41, 5.74) is 7.51. The van der Waals surface area contributed by atoms with E-state index in [1.54, 1.807) is 0 Å². The minimum Gasteiger partial charge on any atom is -0.398 e. The summed E-state index contributed by atoms with van der Waals surface area (Å²) in [6.07, 6.45) is 1.15. The van der Waals surface area contributed by atoms with E-state index in [0.717, 1.165) is 13.0 Å². The van der Waals surface area contributed by atoms with Crippen LogP contribution in [0.15, 0.2) is 18.2 Å². The highest BCUT2D eigenvalue weighted by molar-refractivity contribution is 6.33. The molecule has 0 aliphatic rings. The van der Waals surface area contributed by atoms with Gasteiger partial charge in [-0.2, -0.15) is 0 Å². The maximum Gasteiger partial charge on any atom is 0.0638 e. The number of rotatable bonds is 4. The molecular formula is C12H19ClN2. The molecule has 0 aliphatic heterocycles. The first-order valence-corrected chi connectivity index (χ1v) is 5.66. The minimum atomic E-state index is 0.585. The van der Waals surface area contributed by atoms with Gasteiger partial charge in [-0.1, -0.05) is 24.6 Å². The highest BCUT2D eigenvalue weighted by Gasteiger charge is 2.07. The molecule has 15 heavy (non-hydrogen) atoms. The molecule has 0 aromatic heterocycles. The third-order valence-corrected chi connectivity index (χ3v) is 3.17. The van der Waals surface area contributed by atoms with Gasteiger partial charge in [0.05, 0.1) is 10.7 Å². The Morgan fingerprint density at radius 3 is 2.67 bits per heavy atom. The molecule has 0 bridgehead atoms. The Bertz CT molecular complexity index is 325. The quantitative estimate of drug-likeness (QED) is 0.800. The Morgan fingerprint density at radius 1 is 1.47 bits per heavy atom. The highest BCUT2D eigenvalue weighted by Crippen LogP contribution is 2.20. The van der Waals surface area contributed by atoms with Gasteiger partial charge in [-0.15, -0.1) is 0 Å². The molecule has 0 fully saturated rings. The Kier molecular flexibility index (Phi) is 4.43. The zero-order valence-corrected chi connectivity index (χ0v) is 10.4. The maximum atomic E-state index is 5.97. The lowest BCUT2D eigenvalue weighted by atomic mass is 10.1. The van der Waals surface area contributed by atoms with Crippen molar-refractivity contribution >= 4 is 17.3 Å². The molecule has 84 valence electrons. The predicted molar refractivity (Wildman–Crippen MR) is 67.1 cm³/mol. The number of nitrogens with zero attached hydrogens (tertiary/aromatic N) is 1. The van der Waals surface area contributed by atoms with Crippen LogP contribution in [0.1, 0.15) is 25.8 Å². The van der Waals surface area contributed by atoms with Crippen molar-refractivity contribution in [3.63, 3.8) is 0 Å². The predicted octanol–water partition coefficient (Wildman–Crippen LogP) is 3.15. The monoisotopic (exact) mass is 226 g/mol.